The van der Waals surface area contributed by atoms with E-state index in [-0.39, 0.29) is 0 Å². The van der Waals surface area contributed by atoms with Gasteiger partial charge in [-0.3, -0.25) is 0 Å². The molecule has 0 spiro atoms. The van der Waals surface area contributed by atoms with E-state index >= 15 is 0 Å². The summed E-state index contributed by atoms with van der Waals surface area (Å²) in [6, 6.07) is 0. The van der Waals surface area contributed by atoms with Crippen LogP contribution in [0.3, 0.4) is 0 Å². The molecule has 0 aliphatic carbocycles. The largest absolute Gasteiger partial charge is 0.390 e. The van der Waals surface area contributed by atoms with Crippen LogP contribution in [-0.2, 0) is 11.2 Å². The SMILES string of the molecule is CC(C)(O)Cc1nc(C2CCOCC2)cs1. The van der Waals surface area contributed by atoms with Crippen LogP contribution in [0.15, 0.2) is 5.38 Å². The Morgan fingerprint density at radius 1 is 1.50 bits per heavy atom. The fraction of sp³-hybridized carbons (Fsp3) is 0.750. The van der Waals surface area contributed by atoms with Crippen molar-refractivity contribution in [2.75, 3.05) is 13.2 Å². The van der Waals surface area contributed by atoms with E-state index in [1.807, 2.05) is 13.8 Å². The Labute approximate surface area is 100 Å². The van der Waals surface area contributed by atoms with Gasteiger partial charge in [0.15, 0.2) is 0 Å². The molecule has 1 N–H and O–H groups in total. The molecule has 3 nitrogen and oxygen atoms in total. The summed E-state index contributed by atoms with van der Waals surface area (Å²) < 4.78 is 5.34. The third kappa shape index (κ3) is 3.27. The van der Waals surface area contributed by atoms with Crippen LogP contribution in [0.4, 0.5) is 0 Å². The normalized spacial score (nSPS) is 18.9. The summed E-state index contributed by atoms with van der Waals surface area (Å²) >= 11 is 1.66. The maximum atomic E-state index is 9.74. The van der Waals surface area contributed by atoms with Crippen LogP contribution in [0.5, 0.6) is 0 Å². The predicted octanol–water partition coefficient (Wildman–Crippen LogP) is 2.35. The molecule has 0 bridgehead atoms. The van der Waals surface area contributed by atoms with Crippen LogP contribution in [0.2, 0.25) is 0 Å². The Bertz CT molecular complexity index is 337. The zero-order valence-corrected chi connectivity index (χ0v) is 10.7. The lowest BCUT2D eigenvalue weighted by molar-refractivity contribution is 0.0798. The van der Waals surface area contributed by atoms with Crippen LogP contribution in [0.1, 0.15) is 43.3 Å². The lowest BCUT2D eigenvalue weighted by atomic mass is 9.97. The maximum absolute atomic E-state index is 9.74. The Hall–Kier alpha value is -0.450. The number of thiazole rings is 1. The highest BCUT2D eigenvalue weighted by Crippen LogP contribution is 2.28. The average molecular weight is 241 g/mol. The van der Waals surface area contributed by atoms with Gasteiger partial charge in [0.25, 0.3) is 0 Å². The lowest BCUT2D eigenvalue weighted by Crippen LogP contribution is -2.21. The minimum absolute atomic E-state index is 0.556. The van der Waals surface area contributed by atoms with E-state index in [2.05, 4.69) is 10.4 Å². The molecule has 0 radical (unpaired) electrons. The van der Waals surface area contributed by atoms with E-state index in [0.717, 1.165) is 31.1 Å². The summed E-state index contributed by atoms with van der Waals surface area (Å²) in [7, 11) is 0. The Morgan fingerprint density at radius 3 is 2.81 bits per heavy atom. The fourth-order valence-electron chi connectivity index (χ4n) is 1.96. The van der Waals surface area contributed by atoms with E-state index < -0.39 is 5.60 Å². The smallest absolute Gasteiger partial charge is 0.0956 e. The van der Waals surface area contributed by atoms with Gasteiger partial charge in [-0.15, -0.1) is 11.3 Å². The highest BCUT2D eigenvalue weighted by Gasteiger charge is 2.21. The van der Waals surface area contributed by atoms with Crippen molar-refractivity contribution >= 4 is 11.3 Å². The van der Waals surface area contributed by atoms with Gasteiger partial charge >= 0.3 is 0 Å². The topological polar surface area (TPSA) is 42.4 Å². The number of nitrogens with zero attached hydrogens (tertiary/aromatic N) is 1. The Balaban J connectivity index is 2.01. The van der Waals surface area contributed by atoms with Crippen molar-refractivity contribution in [3.05, 3.63) is 16.1 Å². The van der Waals surface area contributed by atoms with Gasteiger partial charge in [-0.05, 0) is 26.7 Å². The van der Waals surface area contributed by atoms with Crippen molar-refractivity contribution in [3.63, 3.8) is 0 Å². The van der Waals surface area contributed by atoms with E-state index in [4.69, 9.17) is 4.74 Å². The summed E-state index contributed by atoms with van der Waals surface area (Å²) in [6.45, 7) is 5.34. The van der Waals surface area contributed by atoms with Gasteiger partial charge in [-0.1, -0.05) is 0 Å². The maximum Gasteiger partial charge on any atom is 0.0956 e. The van der Waals surface area contributed by atoms with Gasteiger partial charge in [-0.25, -0.2) is 4.98 Å². The molecule has 0 unspecified atom stereocenters. The number of aliphatic hydroxyl groups is 1. The predicted molar refractivity (Wildman–Crippen MR) is 64.9 cm³/mol. The molecular weight excluding hydrogens is 222 g/mol. The van der Waals surface area contributed by atoms with Gasteiger partial charge in [0.05, 0.1) is 16.3 Å². The summed E-state index contributed by atoms with van der Waals surface area (Å²) in [5.74, 6) is 0.556. The van der Waals surface area contributed by atoms with Gasteiger partial charge < -0.3 is 9.84 Å². The number of hydrogen-bond acceptors (Lipinski definition) is 4. The summed E-state index contributed by atoms with van der Waals surface area (Å²) in [4.78, 5) is 4.62. The first-order valence-corrected chi connectivity index (χ1v) is 6.67. The summed E-state index contributed by atoms with van der Waals surface area (Å²) in [5.41, 5.74) is 0.526. The van der Waals surface area contributed by atoms with Gasteiger partial charge in [0, 0.05) is 30.9 Å². The zero-order valence-electron chi connectivity index (χ0n) is 9.90. The molecule has 2 heterocycles. The molecule has 0 amide bonds. The molecule has 0 aromatic carbocycles. The molecule has 1 aromatic heterocycles. The van der Waals surface area contributed by atoms with Gasteiger partial charge in [-0.2, -0.15) is 0 Å². The molecule has 1 aliphatic heterocycles. The number of ether oxygens (including phenoxy) is 1. The standard InChI is InChI=1S/C12H19NO2S/c1-12(2,14)7-11-13-10(8-16-11)9-3-5-15-6-4-9/h8-9,14H,3-7H2,1-2H3. The second kappa shape index (κ2) is 4.82. The fourth-order valence-corrected chi connectivity index (χ4v) is 3.05. The minimum Gasteiger partial charge on any atom is -0.390 e. The molecule has 1 saturated heterocycles. The highest BCUT2D eigenvalue weighted by molar-refractivity contribution is 7.09. The third-order valence-electron chi connectivity index (χ3n) is 2.79. The molecule has 1 aromatic rings. The van der Waals surface area contributed by atoms with Gasteiger partial charge in [0.1, 0.15) is 0 Å². The molecule has 2 rings (SSSR count). The molecule has 1 fully saturated rings. The minimum atomic E-state index is -0.662. The van der Waals surface area contributed by atoms with Crippen LogP contribution >= 0.6 is 11.3 Å². The second-order valence-corrected chi connectivity index (χ2v) is 5.98. The highest BCUT2D eigenvalue weighted by atomic mass is 32.1. The quantitative estimate of drug-likeness (QED) is 0.883. The molecule has 90 valence electrons. The Kier molecular flexibility index (Phi) is 3.62. The molecule has 4 heteroatoms. The van der Waals surface area contributed by atoms with Crippen LogP contribution in [0, 0.1) is 0 Å². The van der Waals surface area contributed by atoms with E-state index in [1.54, 1.807) is 11.3 Å². The molecule has 0 saturated carbocycles. The first kappa shape index (κ1) is 12.0. The Morgan fingerprint density at radius 2 is 2.19 bits per heavy atom. The van der Waals surface area contributed by atoms with Crippen molar-refractivity contribution in [2.45, 2.75) is 44.6 Å². The average Bonchev–Trinajstić information content (AvgIpc) is 2.65. The molecule has 1 aliphatic rings. The van der Waals surface area contributed by atoms with Crippen molar-refractivity contribution in [2.24, 2.45) is 0 Å². The lowest BCUT2D eigenvalue weighted by Gasteiger charge is -2.20. The van der Waals surface area contributed by atoms with Gasteiger partial charge in [0.2, 0.25) is 0 Å². The number of hydrogen-bond donors (Lipinski definition) is 1. The monoisotopic (exact) mass is 241 g/mol. The first-order chi connectivity index (χ1) is 7.54. The molecular formula is C12H19NO2S. The van der Waals surface area contributed by atoms with Crippen molar-refractivity contribution in [3.8, 4) is 0 Å². The van der Waals surface area contributed by atoms with Crippen LogP contribution in [0.25, 0.3) is 0 Å². The van der Waals surface area contributed by atoms with Crippen LogP contribution in [-0.4, -0.2) is 28.9 Å². The molecule has 0 atom stereocenters. The van der Waals surface area contributed by atoms with Crippen molar-refractivity contribution < 1.29 is 9.84 Å². The first-order valence-electron chi connectivity index (χ1n) is 5.79. The van der Waals surface area contributed by atoms with Crippen molar-refractivity contribution in [1.29, 1.82) is 0 Å². The second-order valence-electron chi connectivity index (χ2n) is 5.04. The van der Waals surface area contributed by atoms with E-state index in [0.29, 0.717) is 12.3 Å². The molecule has 16 heavy (non-hydrogen) atoms. The zero-order chi connectivity index (χ0) is 11.6. The third-order valence-corrected chi connectivity index (χ3v) is 3.66. The van der Waals surface area contributed by atoms with Crippen LogP contribution < -0.4 is 0 Å². The van der Waals surface area contributed by atoms with E-state index in [1.165, 1.54) is 5.69 Å². The summed E-state index contributed by atoms with van der Waals surface area (Å²) in [5, 5.41) is 12.9. The number of rotatable bonds is 3. The summed E-state index contributed by atoms with van der Waals surface area (Å²) in [6.07, 6.45) is 2.79. The van der Waals surface area contributed by atoms with Crippen molar-refractivity contribution in [1.82, 2.24) is 4.98 Å². The van der Waals surface area contributed by atoms with E-state index in [9.17, 15) is 5.11 Å². The number of aromatic nitrogens is 1.